The predicted molar refractivity (Wildman–Crippen MR) is 88.3 cm³/mol. The Bertz CT molecular complexity index is 564. The molecule has 0 saturated carbocycles. The van der Waals surface area contributed by atoms with E-state index < -0.39 is 0 Å². The van der Waals surface area contributed by atoms with Crippen molar-refractivity contribution >= 4 is 17.6 Å². The highest BCUT2D eigenvalue weighted by molar-refractivity contribution is 5.97. The number of carbonyl (C=O) groups is 1. The normalized spacial score (nSPS) is 15.3. The Morgan fingerprint density at radius 1 is 1.41 bits per heavy atom. The van der Waals surface area contributed by atoms with Crippen molar-refractivity contribution < 1.29 is 9.53 Å². The van der Waals surface area contributed by atoms with Gasteiger partial charge in [0.05, 0.1) is 5.69 Å². The van der Waals surface area contributed by atoms with E-state index in [2.05, 4.69) is 10.3 Å². The zero-order valence-corrected chi connectivity index (χ0v) is 13.4. The monoisotopic (exact) mass is 304 g/mol. The Labute approximate surface area is 131 Å². The molecule has 0 aliphatic carbocycles. The molecule has 0 unspecified atom stereocenters. The standard InChI is InChI=1S/C16H24N4O2/c1-16(2,3)19-15(17)18-9-6-10-20-12-7-4-5-8-13(12)22-11-14(20)21/h4-5,7-8H,6,9-11H2,1-3H3,(H3,17,18,19). The number of hydrogen-bond acceptors (Lipinski definition) is 3. The third-order valence-corrected chi connectivity index (χ3v) is 3.13. The molecular weight excluding hydrogens is 280 g/mol. The highest BCUT2D eigenvalue weighted by atomic mass is 16.5. The van der Waals surface area contributed by atoms with Gasteiger partial charge in [-0.05, 0) is 39.3 Å². The average molecular weight is 304 g/mol. The molecule has 22 heavy (non-hydrogen) atoms. The summed E-state index contributed by atoms with van der Waals surface area (Å²) in [5.41, 5.74) is 6.54. The van der Waals surface area contributed by atoms with E-state index in [-0.39, 0.29) is 18.1 Å². The van der Waals surface area contributed by atoms with Crippen LogP contribution in [0, 0.1) is 0 Å². The first kappa shape index (κ1) is 16.1. The largest absolute Gasteiger partial charge is 0.482 e. The van der Waals surface area contributed by atoms with Gasteiger partial charge in [-0.25, -0.2) is 0 Å². The van der Waals surface area contributed by atoms with Crippen LogP contribution >= 0.6 is 0 Å². The molecule has 120 valence electrons. The van der Waals surface area contributed by atoms with Gasteiger partial charge in [0, 0.05) is 18.6 Å². The number of nitrogens with one attached hydrogen (secondary N) is 1. The average Bonchev–Trinajstić information content (AvgIpc) is 2.43. The van der Waals surface area contributed by atoms with Gasteiger partial charge in [0.2, 0.25) is 0 Å². The number of nitrogens with two attached hydrogens (primary N) is 1. The number of rotatable bonds is 4. The Morgan fingerprint density at radius 2 is 2.14 bits per heavy atom. The summed E-state index contributed by atoms with van der Waals surface area (Å²) >= 11 is 0. The molecule has 0 fully saturated rings. The number of ether oxygens (including phenoxy) is 1. The number of benzene rings is 1. The highest BCUT2D eigenvalue weighted by Crippen LogP contribution is 2.31. The maximum Gasteiger partial charge on any atom is 0.265 e. The van der Waals surface area contributed by atoms with Gasteiger partial charge in [0.25, 0.3) is 5.91 Å². The van der Waals surface area contributed by atoms with Crippen LogP contribution in [0.25, 0.3) is 0 Å². The fraction of sp³-hybridized carbons (Fsp3) is 0.500. The maximum atomic E-state index is 12.0. The molecule has 1 heterocycles. The molecule has 0 bridgehead atoms. The molecule has 0 aromatic heterocycles. The van der Waals surface area contributed by atoms with Gasteiger partial charge in [-0.15, -0.1) is 0 Å². The maximum absolute atomic E-state index is 12.0. The van der Waals surface area contributed by atoms with E-state index in [1.165, 1.54) is 0 Å². The van der Waals surface area contributed by atoms with Gasteiger partial charge in [-0.2, -0.15) is 0 Å². The Kier molecular flexibility index (Phi) is 4.90. The molecule has 6 nitrogen and oxygen atoms in total. The van der Waals surface area contributed by atoms with E-state index in [1.807, 2.05) is 45.0 Å². The van der Waals surface area contributed by atoms with Crippen LogP contribution in [0.5, 0.6) is 5.75 Å². The molecule has 0 radical (unpaired) electrons. The van der Waals surface area contributed by atoms with Gasteiger partial charge in [-0.1, -0.05) is 12.1 Å². The molecule has 1 aromatic rings. The number of fused-ring (bicyclic) bond motifs is 1. The minimum Gasteiger partial charge on any atom is -0.482 e. The lowest BCUT2D eigenvalue weighted by Gasteiger charge is -2.29. The van der Waals surface area contributed by atoms with Crippen LogP contribution in [0.2, 0.25) is 0 Å². The van der Waals surface area contributed by atoms with Crippen LogP contribution in [0.15, 0.2) is 29.3 Å². The van der Waals surface area contributed by atoms with Crippen LogP contribution < -0.4 is 20.7 Å². The Morgan fingerprint density at radius 3 is 2.86 bits per heavy atom. The molecule has 6 heteroatoms. The molecule has 0 atom stereocenters. The Hall–Kier alpha value is -2.24. The van der Waals surface area contributed by atoms with E-state index in [0.29, 0.717) is 19.0 Å². The van der Waals surface area contributed by atoms with Gasteiger partial charge < -0.3 is 20.7 Å². The molecule has 3 N–H and O–H groups in total. The van der Waals surface area contributed by atoms with Crippen molar-refractivity contribution in [3.63, 3.8) is 0 Å². The summed E-state index contributed by atoms with van der Waals surface area (Å²) in [7, 11) is 0. The number of guanidine groups is 1. The van der Waals surface area contributed by atoms with Gasteiger partial charge >= 0.3 is 0 Å². The molecule has 1 amide bonds. The second kappa shape index (κ2) is 6.68. The zero-order valence-electron chi connectivity index (χ0n) is 13.4. The topological polar surface area (TPSA) is 80.0 Å². The zero-order chi connectivity index (χ0) is 16.2. The summed E-state index contributed by atoms with van der Waals surface area (Å²) in [5.74, 6) is 1.16. The second-order valence-corrected chi connectivity index (χ2v) is 6.30. The molecule has 0 saturated heterocycles. The van der Waals surface area contributed by atoms with E-state index >= 15 is 0 Å². The first-order valence-corrected chi connectivity index (χ1v) is 7.47. The van der Waals surface area contributed by atoms with Crippen LogP contribution in [0.1, 0.15) is 27.2 Å². The quantitative estimate of drug-likeness (QED) is 0.502. The summed E-state index contributed by atoms with van der Waals surface area (Å²) in [6, 6.07) is 7.57. The van der Waals surface area contributed by atoms with E-state index in [4.69, 9.17) is 10.5 Å². The molecule has 1 aromatic carbocycles. The third kappa shape index (κ3) is 4.38. The van der Waals surface area contributed by atoms with E-state index in [0.717, 1.165) is 17.9 Å². The fourth-order valence-corrected chi connectivity index (χ4v) is 2.25. The lowest BCUT2D eigenvalue weighted by Crippen LogP contribution is -2.45. The van der Waals surface area contributed by atoms with E-state index in [1.54, 1.807) is 4.90 Å². The number of nitrogens with zero attached hydrogens (tertiary/aromatic N) is 2. The lowest BCUT2D eigenvalue weighted by molar-refractivity contribution is -0.121. The van der Waals surface area contributed by atoms with Crippen molar-refractivity contribution in [2.75, 3.05) is 24.6 Å². The van der Waals surface area contributed by atoms with Crippen molar-refractivity contribution in [2.45, 2.75) is 32.7 Å². The lowest BCUT2D eigenvalue weighted by atomic mass is 10.1. The van der Waals surface area contributed by atoms with Gasteiger partial charge in [-0.3, -0.25) is 9.79 Å². The van der Waals surface area contributed by atoms with Crippen molar-refractivity contribution in [1.29, 1.82) is 0 Å². The van der Waals surface area contributed by atoms with Gasteiger partial charge in [0.15, 0.2) is 12.6 Å². The number of hydrogen-bond donors (Lipinski definition) is 2. The first-order chi connectivity index (χ1) is 10.4. The molecule has 1 aliphatic heterocycles. The van der Waals surface area contributed by atoms with Crippen molar-refractivity contribution in [2.24, 2.45) is 10.7 Å². The summed E-state index contributed by atoms with van der Waals surface area (Å²) in [5, 5.41) is 3.11. The molecule has 0 spiro atoms. The van der Waals surface area contributed by atoms with Crippen molar-refractivity contribution in [3.05, 3.63) is 24.3 Å². The highest BCUT2D eigenvalue weighted by Gasteiger charge is 2.24. The van der Waals surface area contributed by atoms with Gasteiger partial charge in [0.1, 0.15) is 5.75 Å². The first-order valence-electron chi connectivity index (χ1n) is 7.47. The van der Waals surface area contributed by atoms with E-state index in [9.17, 15) is 4.79 Å². The molecular formula is C16H24N4O2. The summed E-state index contributed by atoms with van der Waals surface area (Å²) in [6.07, 6.45) is 0.743. The number of carbonyl (C=O) groups excluding carboxylic acids is 1. The number of para-hydroxylation sites is 2. The second-order valence-electron chi connectivity index (χ2n) is 6.30. The summed E-state index contributed by atoms with van der Waals surface area (Å²) in [6.45, 7) is 7.34. The summed E-state index contributed by atoms with van der Waals surface area (Å²) < 4.78 is 5.42. The van der Waals surface area contributed by atoms with Crippen LogP contribution in [-0.2, 0) is 4.79 Å². The Balaban J connectivity index is 1.89. The summed E-state index contributed by atoms with van der Waals surface area (Å²) in [4.78, 5) is 18.0. The number of amides is 1. The van der Waals surface area contributed by atoms with Crippen molar-refractivity contribution in [3.8, 4) is 5.75 Å². The number of anilines is 1. The minimum absolute atomic E-state index is 0.0246. The fourth-order valence-electron chi connectivity index (χ4n) is 2.25. The van der Waals surface area contributed by atoms with Crippen LogP contribution in [0.4, 0.5) is 5.69 Å². The smallest absolute Gasteiger partial charge is 0.265 e. The third-order valence-electron chi connectivity index (χ3n) is 3.13. The molecule has 2 rings (SSSR count). The number of aliphatic imine (C=N–C) groups is 1. The van der Waals surface area contributed by atoms with Crippen LogP contribution in [0.3, 0.4) is 0 Å². The van der Waals surface area contributed by atoms with Crippen LogP contribution in [-0.4, -0.2) is 37.1 Å². The molecule has 1 aliphatic rings. The minimum atomic E-state index is -0.104. The SMILES string of the molecule is CC(C)(C)NC(N)=NCCCN1C(=O)COc2ccccc21. The van der Waals surface area contributed by atoms with Crippen molar-refractivity contribution in [1.82, 2.24) is 5.32 Å². The predicted octanol–water partition coefficient (Wildman–Crippen LogP) is 1.50.